The molecule has 3 amide bonds. The summed E-state index contributed by atoms with van der Waals surface area (Å²) in [5, 5.41) is 3.26. The zero-order valence-corrected chi connectivity index (χ0v) is 24.3. The number of urea groups is 1. The number of carbonyl (C=O) groups excluding carboxylic acids is 3. The number of carbonyl (C=O) groups is 3. The lowest BCUT2D eigenvalue weighted by atomic mass is 10.0. The second-order valence-electron chi connectivity index (χ2n) is 11.2. The zero-order valence-electron chi connectivity index (χ0n) is 23.5. The van der Waals surface area contributed by atoms with E-state index in [0.29, 0.717) is 41.7 Å². The van der Waals surface area contributed by atoms with Gasteiger partial charge in [-0.2, -0.15) is 0 Å². The molecule has 2 aromatic carbocycles. The minimum Gasteiger partial charge on any atom is -0.457 e. The number of fused-ring (bicyclic) bond motifs is 1. The summed E-state index contributed by atoms with van der Waals surface area (Å²) in [6.07, 6.45) is 4.07. The van der Waals surface area contributed by atoms with Gasteiger partial charge < -0.3 is 19.9 Å². The normalized spacial score (nSPS) is 18.6. The predicted molar refractivity (Wildman–Crippen MR) is 158 cm³/mol. The number of unbranched alkanes of at least 4 members (excludes halogenated alkanes) is 3. The molecule has 2 saturated heterocycles. The number of piperazine rings is 1. The molecule has 5 rings (SSSR count). The van der Waals surface area contributed by atoms with Crippen LogP contribution in [0.3, 0.4) is 0 Å². The molecule has 2 aromatic rings. The summed E-state index contributed by atoms with van der Waals surface area (Å²) < 4.78 is 18.5. The van der Waals surface area contributed by atoms with Gasteiger partial charge in [0.05, 0.1) is 11.3 Å². The molecule has 3 heterocycles. The Morgan fingerprint density at radius 2 is 1.73 bits per heavy atom. The first-order chi connectivity index (χ1) is 19.6. The highest BCUT2D eigenvalue weighted by Crippen LogP contribution is 2.34. The van der Waals surface area contributed by atoms with Crippen molar-refractivity contribution < 1.29 is 23.5 Å². The molecule has 0 unspecified atom stereocenters. The molecular weight excluding hydrogens is 545 g/mol. The van der Waals surface area contributed by atoms with Gasteiger partial charge in [0.15, 0.2) is 5.11 Å². The molecule has 41 heavy (non-hydrogen) atoms. The molecule has 9 nitrogen and oxygen atoms in total. The molecule has 0 bridgehead atoms. The van der Waals surface area contributed by atoms with Gasteiger partial charge in [-0.05, 0) is 81.8 Å². The molecule has 0 aliphatic carbocycles. The maximum absolute atomic E-state index is 13.4. The van der Waals surface area contributed by atoms with Crippen LogP contribution in [-0.4, -0.2) is 82.5 Å². The number of ether oxygens (including phenoxy) is 1. The number of esters is 1. The van der Waals surface area contributed by atoms with E-state index in [2.05, 4.69) is 10.2 Å². The molecule has 3 aliphatic heterocycles. The predicted octanol–water partition coefficient (Wildman–Crippen LogP) is 4.62. The smallest absolute Gasteiger partial charge is 0.338 e. The van der Waals surface area contributed by atoms with Crippen LogP contribution in [0.15, 0.2) is 42.5 Å². The Morgan fingerprint density at radius 3 is 2.46 bits per heavy atom. The minimum absolute atomic E-state index is 0.0727. The van der Waals surface area contributed by atoms with Gasteiger partial charge in [0.1, 0.15) is 18.0 Å². The molecule has 11 heteroatoms. The van der Waals surface area contributed by atoms with Crippen molar-refractivity contribution >= 4 is 46.6 Å². The highest BCUT2D eigenvalue weighted by atomic mass is 32.1. The Kier molecular flexibility index (Phi) is 8.55. The summed E-state index contributed by atoms with van der Waals surface area (Å²) >= 11 is 5.75. The molecule has 0 radical (unpaired) electrons. The molecule has 0 spiro atoms. The van der Waals surface area contributed by atoms with Crippen LogP contribution in [0.1, 0.15) is 55.5 Å². The fourth-order valence-electron chi connectivity index (χ4n) is 5.60. The van der Waals surface area contributed by atoms with Crippen molar-refractivity contribution in [2.45, 2.75) is 51.7 Å². The monoisotopic (exact) mass is 581 g/mol. The maximum Gasteiger partial charge on any atom is 0.338 e. The first-order valence-corrected chi connectivity index (χ1v) is 14.6. The fraction of sp³-hybridized carbons (Fsp3) is 0.467. The van der Waals surface area contributed by atoms with Gasteiger partial charge >= 0.3 is 12.0 Å². The van der Waals surface area contributed by atoms with Crippen molar-refractivity contribution in [3.63, 3.8) is 0 Å². The van der Waals surface area contributed by atoms with E-state index in [1.54, 1.807) is 34.1 Å². The van der Waals surface area contributed by atoms with Crippen LogP contribution in [0.4, 0.5) is 20.6 Å². The van der Waals surface area contributed by atoms with Gasteiger partial charge in [-0.15, -0.1) is 0 Å². The van der Waals surface area contributed by atoms with Crippen molar-refractivity contribution in [3.8, 4) is 0 Å². The van der Waals surface area contributed by atoms with Gasteiger partial charge in [-0.3, -0.25) is 14.6 Å². The Hall–Kier alpha value is -3.57. The molecule has 2 fully saturated rings. The van der Waals surface area contributed by atoms with Gasteiger partial charge in [0.25, 0.3) is 5.91 Å². The summed E-state index contributed by atoms with van der Waals surface area (Å²) in [6, 6.07) is 11.0. The number of amides is 3. The van der Waals surface area contributed by atoms with Crippen LogP contribution in [0, 0.1) is 5.82 Å². The first kappa shape index (κ1) is 28.9. The Balaban J connectivity index is 1.02. The topological polar surface area (TPSA) is 85.4 Å². The number of halogens is 1. The maximum atomic E-state index is 13.4. The van der Waals surface area contributed by atoms with Crippen molar-refractivity contribution in [1.82, 2.24) is 14.7 Å². The summed E-state index contributed by atoms with van der Waals surface area (Å²) in [7, 11) is 0. The number of nitrogens with zero attached hydrogens (tertiary/aromatic N) is 4. The van der Waals surface area contributed by atoms with E-state index in [-0.39, 0.29) is 30.3 Å². The number of anilines is 2. The number of cyclic esters (lactones) is 1. The quantitative estimate of drug-likeness (QED) is 0.263. The molecule has 218 valence electrons. The fourth-order valence-corrected chi connectivity index (χ4v) is 6.11. The molecular formula is C30H36FN5O4S. The summed E-state index contributed by atoms with van der Waals surface area (Å²) in [5.41, 5.74) is 1.69. The molecule has 0 saturated carbocycles. The highest BCUT2D eigenvalue weighted by Gasteiger charge is 2.49. The number of rotatable bonds is 9. The van der Waals surface area contributed by atoms with E-state index < -0.39 is 5.54 Å². The third kappa shape index (κ3) is 6.20. The second-order valence-corrected chi connectivity index (χ2v) is 11.6. The molecule has 0 atom stereocenters. The van der Waals surface area contributed by atoms with Crippen LogP contribution in [0.2, 0.25) is 0 Å². The Bertz CT molecular complexity index is 1340. The van der Waals surface area contributed by atoms with Crippen molar-refractivity contribution in [3.05, 3.63) is 59.4 Å². The van der Waals surface area contributed by atoms with E-state index in [9.17, 15) is 18.8 Å². The average molecular weight is 582 g/mol. The largest absolute Gasteiger partial charge is 0.457 e. The van der Waals surface area contributed by atoms with Gasteiger partial charge in [-0.25, -0.2) is 14.0 Å². The number of benzene rings is 2. The van der Waals surface area contributed by atoms with Crippen molar-refractivity contribution in [1.29, 1.82) is 0 Å². The Morgan fingerprint density at radius 1 is 1.00 bits per heavy atom. The minimum atomic E-state index is -0.747. The number of nitrogens with one attached hydrogen (secondary N) is 1. The van der Waals surface area contributed by atoms with E-state index in [0.717, 1.165) is 50.9 Å². The molecule has 0 aromatic heterocycles. The average Bonchev–Trinajstić information content (AvgIpc) is 3.39. The number of thiocarbonyl (C=S) groups is 1. The molecule has 3 aliphatic rings. The van der Waals surface area contributed by atoms with E-state index in [1.807, 2.05) is 24.8 Å². The third-order valence-electron chi connectivity index (χ3n) is 8.09. The third-order valence-corrected chi connectivity index (χ3v) is 8.49. The van der Waals surface area contributed by atoms with Crippen molar-refractivity contribution in [2.24, 2.45) is 0 Å². The van der Waals surface area contributed by atoms with Gasteiger partial charge in [-0.1, -0.05) is 18.9 Å². The van der Waals surface area contributed by atoms with Gasteiger partial charge in [0.2, 0.25) is 0 Å². The summed E-state index contributed by atoms with van der Waals surface area (Å²) in [4.78, 5) is 45.4. The van der Waals surface area contributed by atoms with Gasteiger partial charge in [0, 0.05) is 44.0 Å². The lowest BCUT2D eigenvalue weighted by Gasteiger charge is -2.34. The standard InChI is InChI=1S/C30H36FN5O4S/c1-30(2)27(38)36(24-10-11-25-21(18-24)20-40-26(25)37)29(41)35(30)13-6-4-3-5-12-33-14-16-34(17-15-33)28(39)32-23-9-7-8-22(31)19-23/h7-11,18-19H,3-6,12-17,20H2,1-2H3,(H,32,39). The molecule has 1 N–H and O–H groups in total. The SMILES string of the molecule is CC1(C)C(=O)N(c2ccc3c(c2)COC3=O)C(=S)N1CCCCCCN1CCN(C(=O)Nc2cccc(F)c2)CC1. The Labute approximate surface area is 245 Å². The van der Waals surface area contributed by atoms with Crippen LogP contribution in [0.25, 0.3) is 0 Å². The van der Waals surface area contributed by atoms with E-state index >= 15 is 0 Å². The van der Waals surface area contributed by atoms with Crippen LogP contribution in [-0.2, 0) is 16.1 Å². The lowest BCUT2D eigenvalue weighted by Crippen LogP contribution is -2.50. The summed E-state index contributed by atoms with van der Waals surface area (Å²) in [6.45, 7) is 8.59. The van der Waals surface area contributed by atoms with E-state index in [1.165, 1.54) is 12.1 Å². The van der Waals surface area contributed by atoms with Crippen LogP contribution < -0.4 is 10.2 Å². The summed E-state index contributed by atoms with van der Waals surface area (Å²) in [5.74, 6) is -0.784. The lowest BCUT2D eigenvalue weighted by molar-refractivity contribution is -0.123. The zero-order chi connectivity index (χ0) is 29.1. The highest BCUT2D eigenvalue weighted by molar-refractivity contribution is 7.80. The van der Waals surface area contributed by atoms with Crippen LogP contribution in [0.5, 0.6) is 0 Å². The van der Waals surface area contributed by atoms with E-state index in [4.69, 9.17) is 17.0 Å². The first-order valence-electron chi connectivity index (χ1n) is 14.2. The van der Waals surface area contributed by atoms with Crippen molar-refractivity contribution in [2.75, 3.05) is 49.5 Å². The number of hydrogen-bond donors (Lipinski definition) is 1. The number of hydrogen-bond acceptors (Lipinski definition) is 6. The van der Waals surface area contributed by atoms with Crippen LogP contribution >= 0.6 is 12.2 Å². The second kappa shape index (κ2) is 12.1.